The Morgan fingerprint density at radius 3 is 3.06 bits per heavy atom. The van der Waals surface area contributed by atoms with Gasteiger partial charge in [-0.2, -0.15) is 14.8 Å². The van der Waals surface area contributed by atoms with Crippen LogP contribution in [0.4, 0.5) is 4.39 Å². The third kappa shape index (κ3) is 2.75. The first kappa shape index (κ1) is 11.0. The van der Waals surface area contributed by atoms with Gasteiger partial charge in [0.15, 0.2) is 11.4 Å². The third-order valence-electron chi connectivity index (χ3n) is 1.97. The van der Waals surface area contributed by atoms with Crippen molar-refractivity contribution in [1.82, 2.24) is 19.7 Å². The fraction of sp³-hybridized carbons (Fsp3) is 0.200. The Hall–Kier alpha value is -2.49. The molecule has 0 aliphatic carbocycles. The highest BCUT2D eigenvalue weighted by molar-refractivity contribution is 5.36. The van der Waals surface area contributed by atoms with Crippen LogP contribution in [-0.4, -0.2) is 26.4 Å². The molecule has 2 rings (SSSR count). The van der Waals surface area contributed by atoms with E-state index in [4.69, 9.17) is 10.00 Å². The molecule has 0 fully saturated rings. The maximum absolute atomic E-state index is 12.7. The first-order chi connectivity index (χ1) is 8.29. The normalized spacial score (nSPS) is 9.88. The smallest absolute Gasteiger partial charge is 0.214 e. The highest BCUT2D eigenvalue weighted by atomic mass is 19.1. The number of halogens is 1. The van der Waals surface area contributed by atoms with Gasteiger partial charge in [0.05, 0.1) is 6.54 Å². The fourth-order valence-corrected chi connectivity index (χ4v) is 1.22. The second-order valence-corrected chi connectivity index (χ2v) is 3.10. The van der Waals surface area contributed by atoms with Crippen molar-refractivity contribution < 1.29 is 9.13 Å². The first-order valence-corrected chi connectivity index (χ1v) is 4.81. The molecule has 0 saturated heterocycles. The van der Waals surface area contributed by atoms with Crippen LogP contribution in [0, 0.1) is 17.3 Å². The van der Waals surface area contributed by atoms with Gasteiger partial charge in [-0.25, -0.2) is 14.6 Å². The molecule has 0 unspecified atom stereocenters. The van der Waals surface area contributed by atoms with Crippen LogP contribution in [-0.2, 0) is 6.54 Å². The van der Waals surface area contributed by atoms with Gasteiger partial charge in [0.2, 0.25) is 5.95 Å². The van der Waals surface area contributed by atoms with Crippen molar-refractivity contribution >= 4 is 0 Å². The van der Waals surface area contributed by atoms with Crippen LogP contribution in [0.5, 0.6) is 5.75 Å². The van der Waals surface area contributed by atoms with Crippen molar-refractivity contribution in [2.45, 2.75) is 6.54 Å². The largest absolute Gasteiger partial charge is 0.489 e. The van der Waals surface area contributed by atoms with Gasteiger partial charge in [-0.15, -0.1) is 0 Å². The van der Waals surface area contributed by atoms with Gasteiger partial charge in [0, 0.05) is 0 Å². The topological polar surface area (TPSA) is 76.6 Å². The Kier molecular flexibility index (Phi) is 3.25. The number of ether oxygens (including phenoxy) is 1. The summed E-state index contributed by atoms with van der Waals surface area (Å²) in [6.07, 6.45) is 2.97. The molecule has 86 valence electrons. The van der Waals surface area contributed by atoms with Crippen molar-refractivity contribution in [2.75, 3.05) is 6.61 Å². The molecule has 0 bridgehead atoms. The van der Waals surface area contributed by atoms with E-state index in [2.05, 4.69) is 15.1 Å². The van der Waals surface area contributed by atoms with Crippen molar-refractivity contribution in [3.63, 3.8) is 0 Å². The second-order valence-electron chi connectivity index (χ2n) is 3.10. The summed E-state index contributed by atoms with van der Waals surface area (Å²) in [7, 11) is 0. The Balaban J connectivity index is 1.97. The summed E-state index contributed by atoms with van der Waals surface area (Å²) in [6.45, 7) is 0.785. The lowest BCUT2D eigenvalue weighted by molar-refractivity contribution is 0.288. The first-order valence-electron chi connectivity index (χ1n) is 4.81. The minimum atomic E-state index is -0.704. The van der Waals surface area contributed by atoms with Crippen molar-refractivity contribution in [3.05, 3.63) is 36.4 Å². The molecule has 0 aliphatic heterocycles. The SMILES string of the molecule is N#Cc1nc(F)ccc1OCCn1cncn1. The maximum Gasteiger partial charge on any atom is 0.214 e. The van der Waals surface area contributed by atoms with Gasteiger partial charge in [-0.3, -0.25) is 0 Å². The summed E-state index contributed by atoms with van der Waals surface area (Å²) >= 11 is 0. The van der Waals surface area contributed by atoms with E-state index in [1.165, 1.54) is 12.4 Å². The second kappa shape index (κ2) is 5.03. The van der Waals surface area contributed by atoms with E-state index in [0.29, 0.717) is 13.2 Å². The van der Waals surface area contributed by atoms with Crippen LogP contribution >= 0.6 is 0 Å². The molecule has 2 heterocycles. The summed E-state index contributed by atoms with van der Waals surface area (Å²) in [4.78, 5) is 7.19. The van der Waals surface area contributed by atoms with Crippen LogP contribution in [0.3, 0.4) is 0 Å². The number of hydrogen-bond donors (Lipinski definition) is 0. The van der Waals surface area contributed by atoms with Crippen LogP contribution in [0.2, 0.25) is 0 Å². The lowest BCUT2D eigenvalue weighted by atomic mass is 10.3. The molecule has 6 nitrogen and oxygen atoms in total. The highest BCUT2D eigenvalue weighted by Gasteiger charge is 2.06. The third-order valence-corrected chi connectivity index (χ3v) is 1.97. The molecule has 17 heavy (non-hydrogen) atoms. The molecule has 2 aromatic rings. The number of nitriles is 1. The molecular weight excluding hydrogens is 225 g/mol. The highest BCUT2D eigenvalue weighted by Crippen LogP contribution is 2.15. The average Bonchev–Trinajstić information content (AvgIpc) is 2.84. The number of pyridine rings is 1. The summed E-state index contributed by atoms with van der Waals surface area (Å²) < 4.78 is 19.6. The van der Waals surface area contributed by atoms with E-state index in [9.17, 15) is 4.39 Å². The predicted molar refractivity (Wildman–Crippen MR) is 54.4 cm³/mol. The molecule has 2 aromatic heterocycles. The Bertz CT molecular complexity index is 534. The Labute approximate surface area is 96.3 Å². The fourth-order valence-electron chi connectivity index (χ4n) is 1.22. The molecule has 0 atom stereocenters. The van der Waals surface area contributed by atoms with Crippen molar-refractivity contribution in [3.8, 4) is 11.8 Å². The minimum absolute atomic E-state index is 0.0661. The molecule has 0 amide bonds. The van der Waals surface area contributed by atoms with E-state index < -0.39 is 5.95 Å². The zero-order valence-electron chi connectivity index (χ0n) is 8.75. The van der Waals surface area contributed by atoms with Gasteiger partial charge in [-0.1, -0.05) is 0 Å². The number of rotatable bonds is 4. The number of nitrogens with zero attached hydrogens (tertiary/aromatic N) is 5. The molecule has 0 saturated carbocycles. The van der Waals surface area contributed by atoms with Crippen molar-refractivity contribution in [2.24, 2.45) is 0 Å². The number of aromatic nitrogens is 4. The average molecular weight is 233 g/mol. The Morgan fingerprint density at radius 2 is 2.35 bits per heavy atom. The van der Waals surface area contributed by atoms with Gasteiger partial charge < -0.3 is 4.74 Å². The lowest BCUT2D eigenvalue weighted by Gasteiger charge is -2.06. The van der Waals surface area contributed by atoms with Gasteiger partial charge in [-0.05, 0) is 12.1 Å². The number of hydrogen-bond acceptors (Lipinski definition) is 5. The van der Waals surface area contributed by atoms with Crippen molar-refractivity contribution in [1.29, 1.82) is 5.26 Å². The van der Waals surface area contributed by atoms with E-state index in [0.717, 1.165) is 6.07 Å². The summed E-state index contributed by atoms with van der Waals surface area (Å²) in [6, 6.07) is 4.29. The molecule has 0 spiro atoms. The van der Waals surface area contributed by atoms with E-state index in [1.807, 2.05) is 0 Å². The minimum Gasteiger partial charge on any atom is -0.489 e. The van der Waals surface area contributed by atoms with Gasteiger partial charge in [0.1, 0.15) is 25.3 Å². The zero-order chi connectivity index (χ0) is 12.1. The van der Waals surface area contributed by atoms with Crippen LogP contribution in [0.15, 0.2) is 24.8 Å². The summed E-state index contributed by atoms with van der Waals surface area (Å²) in [5, 5.41) is 12.6. The molecule has 0 aliphatic rings. The monoisotopic (exact) mass is 233 g/mol. The van der Waals surface area contributed by atoms with Gasteiger partial charge in [0.25, 0.3) is 0 Å². The quantitative estimate of drug-likeness (QED) is 0.729. The maximum atomic E-state index is 12.7. The van der Waals surface area contributed by atoms with Gasteiger partial charge >= 0.3 is 0 Å². The van der Waals surface area contributed by atoms with E-state index in [-0.39, 0.29) is 11.4 Å². The zero-order valence-corrected chi connectivity index (χ0v) is 8.75. The molecular formula is C10H8FN5O. The predicted octanol–water partition coefficient (Wildman–Crippen LogP) is 0.763. The van der Waals surface area contributed by atoms with E-state index >= 15 is 0 Å². The molecule has 7 heteroatoms. The van der Waals surface area contributed by atoms with Crippen LogP contribution in [0.1, 0.15) is 5.69 Å². The molecule has 0 aromatic carbocycles. The Morgan fingerprint density at radius 1 is 1.47 bits per heavy atom. The summed E-state index contributed by atoms with van der Waals surface area (Å²) in [5.74, 6) is -0.445. The summed E-state index contributed by atoms with van der Waals surface area (Å²) in [5.41, 5.74) is -0.0661. The lowest BCUT2D eigenvalue weighted by Crippen LogP contribution is -2.09. The van der Waals surface area contributed by atoms with E-state index in [1.54, 1.807) is 17.1 Å². The standard InChI is InChI=1S/C10H8FN5O/c11-10-2-1-9(8(5-12)15-10)17-4-3-16-7-13-6-14-16/h1-2,6-7H,3-4H2. The van der Waals surface area contributed by atoms with Crippen LogP contribution in [0.25, 0.3) is 0 Å². The van der Waals surface area contributed by atoms with Crippen LogP contribution < -0.4 is 4.74 Å². The molecule has 0 radical (unpaired) electrons. The molecule has 0 N–H and O–H groups in total.